The van der Waals surface area contributed by atoms with Gasteiger partial charge in [-0.05, 0) is 12.1 Å². The molecule has 2 radical (unpaired) electrons. The summed E-state index contributed by atoms with van der Waals surface area (Å²) in [6, 6.07) is 7.19. The van der Waals surface area contributed by atoms with Crippen LogP contribution in [0, 0.1) is 0 Å². The van der Waals surface area contributed by atoms with Crippen molar-refractivity contribution >= 4 is 50.5 Å². The molecule has 0 heterocycles. The molecule has 0 N–H and O–H groups in total. The van der Waals surface area contributed by atoms with Gasteiger partial charge in [-0.15, -0.1) is 0 Å². The van der Waals surface area contributed by atoms with Gasteiger partial charge in [0.2, 0.25) is 0 Å². The summed E-state index contributed by atoms with van der Waals surface area (Å²) < 4.78 is 0. The Morgan fingerprint density at radius 1 is 0.889 bits per heavy atom. The van der Waals surface area contributed by atoms with Crippen LogP contribution in [0.25, 0.3) is 0 Å². The molecule has 3 heteroatoms. The topological polar surface area (TPSA) is 0 Å². The molecule has 0 atom stereocenters. The molecule has 1 rings (SSSR count). The van der Waals surface area contributed by atoms with Crippen molar-refractivity contribution in [3.8, 4) is 0 Å². The summed E-state index contributed by atoms with van der Waals surface area (Å²) >= 11 is 11.2. The monoisotopic (exact) mass is 356 g/mol. The fraction of sp³-hybridized carbons (Fsp3) is 0. The average molecular weight is 356 g/mol. The molecule has 0 bridgehead atoms. The number of hydrogen-bond acceptors (Lipinski definition) is 0. The predicted octanol–water partition coefficient (Wildman–Crippen LogP) is 2.08. The second-order valence-corrected chi connectivity index (χ2v) is 2.23. The third-order valence-electron chi connectivity index (χ3n) is 0.824. The molecule has 0 aliphatic heterocycles. The fourth-order valence-corrected chi connectivity index (χ4v) is 0.711. The first kappa shape index (κ1) is 9.72. The summed E-state index contributed by atoms with van der Waals surface area (Å²) in [5.74, 6) is 0. The maximum absolute atomic E-state index is 5.58. The fourth-order valence-electron chi connectivity index (χ4n) is 0.439. The molecule has 9 heavy (non-hydrogen) atoms. The Morgan fingerprint density at radius 3 is 1.44 bits per heavy atom. The van der Waals surface area contributed by atoms with Gasteiger partial charge >= 0.3 is 27.3 Å². The van der Waals surface area contributed by atoms with Crippen molar-refractivity contribution in [3.05, 3.63) is 34.3 Å². The molecule has 0 nitrogen and oxygen atoms in total. The first-order valence-corrected chi connectivity index (χ1v) is 2.96. The van der Waals surface area contributed by atoms with Crippen LogP contribution in [0.3, 0.4) is 0 Å². The third-order valence-corrected chi connectivity index (χ3v) is 1.58. The van der Waals surface area contributed by atoms with Crippen molar-refractivity contribution < 1.29 is 0 Å². The maximum atomic E-state index is 5.58. The Kier molecular flexibility index (Phi) is 4.89. The van der Waals surface area contributed by atoms with Crippen molar-refractivity contribution in [2.24, 2.45) is 0 Å². The van der Waals surface area contributed by atoms with Gasteiger partial charge < -0.3 is 0 Å². The van der Waals surface area contributed by atoms with Crippen LogP contribution in [0.5, 0.6) is 0 Å². The molecular formula is C6H6Cl2Pb. The van der Waals surface area contributed by atoms with Crippen LogP contribution < -0.4 is 0 Å². The zero-order valence-electron chi connectivity index (χ0n) is 4.77. The molecule has 0 spiro atoms. The second-order valence-electron chi connectivity index (χ2n) is 1.41. The molecule has 0 amide bonds. The van der Waals surface area contributed by atoms with Crippen molar-refractivity contribution in [3.63, 3.8) is 0 Å². The van der Waals surface area contributed by atoms with Crippen LogP contribution in [0.1, 0.15) is 0 Å². The first-order chi connectivity index (χ1) is 3.80. The predicted molar refractivity (Wildman–Crippen MR) is 45.0 cm³/mol. The van der Waals surface area contributed by atoms with E-state index in [0.717, 1.165) is 0 Å². The SMILES string of the molecule is Clc1ccccc1Cl.[PbH2]. The number of benzene rings is 1. The van der Waals surface area contributed by atoms with Gasteiger partial charge in [0.1, 0.15) is 0 Å². The number of halogens is 2. The van der Waals surface area contributed by atoms with Gasteiger partial charge in [-0.1, -0.05) is 35.3 Å². The Hall–Kier alpha value is 0.722. The van der Waals surface area contributed by atoms with E-state index in [-0.39, 0.29) is 27.3 Å². The van der Waals surface area contributed by atoms with Crippen molar-refractivity contribution in [2.45, 2.75) is 0 Å². The van der Waals surface area contributed by atoms with Gasteiger partial charge in [0.15, 0.2) is 0 Å². The second kappa shape index (κ2) is 4.52. The Morgan fingerprint density at radius 2 is 1.22 bits per heavy atom. The van der Waals surface area contributed by atoms with E-state index in [1.165, 1.54) is 0 Å². The molecule has 1 aromatic rings. The van der Waals surface area contributed by atoms with Gasteiger partial charge in [-0.25, -0.2) is 0 Å². The van der Waals surface area contributed by atoms with Gasteiger partial charge in [0.05, 0.1) is 10.0 Å². The summed E-state index contributed by atoms with van der Waals surface area (Å²) in [6.07, 6.45) is 0. The van der Waals surface area contributed by atoms with Crippen LogP contribution in [0.4, 0.5) is 0 Å². The van der Waals surface area contributed by atoms with E-state index in [2.05, 4.69) is 0 Å². The molecule has 0 saturated heterocycles. The summed E-state index contributed by atoms with van der Waals surface area (Å²) in [6.45, 7) is 0. The number of hydrogen-bond donors (Lipinski definition) is 0. The van der Waals surface area contributed by atoms with E-state index in [4.69, 9.17) is 23.2 Å². The van der Waals surface area contributed by atoms with Crippen molar-refractivity contribution in [2.75, 3.05) is 0 Å². The number of rotatable bonds is 0. The molecule has 0 unspecified atom stereocenters. The van der Waals surface area contributed by atoms with Gasteiger partial charge in [-0.3, -0.25) is 0 Å². The minimum atomic E-state index is 0. The molecule has 48 valence electrons. The molecule has 0 aromatic heterocycles. The van der Waals surface area contributed by atoms with E-state index < -0.39 is 0 Å². The van der Waals surface area contributed by atoms with Crippen LogP contribution in [-0.4, -0.2) is 27.3 Å². The molecule has 0 aliphatic rings. The van der Waals surface area contributed by atoms with Gasteiger partial charge in [-0.2, -0.15) is 0 Å². The summed E-state index contributed by atoms with van der Waals surface area (Å²) in [5.41, 5.74) is 0. The molecule has 0 aliphatic carbocycles. The van der Waals surface area contributed by atoms with Crippen LogP contribution in [0.15, 0.2) is 24.3 Å². The first-order valence-electron chi connectivity index (χ1n) is 2.21. The standard InChI is InChI=1S/C6H4Cl2.Pb.2H/c7-5-3-1-2-4-6(5)8;;;/h1-4H;;;. The average Bonchev–Trinajstić information content (AvgIpc) is 1.77. The van der Waals surface area contributed by atoms with Gasteiger partial charge in [0, 0.05) is 0 Å². The third kappa shape index (κ3) is 2.87. The van der Waals surface area contributed by atoms with E-state index in [1.807, 2.05) is 12.1 Å². The summed E-state index contributed by atoms with van der Waals surface area (Å²) in [4.78, 5) is 0. The van der Waals surface area contributed by atoms with Crippen LogP contribution in [0.2, 0.25) is 10.0 Å². The quantitative estimate of drug-likeness (QED) is 0.625. The van der Waals surface area contributed by atoms with E-state index >= 15 is 0 Å². The van der Waals surface area contributed by atoms with E-state index in [1.54, 1.807) is 12.1 Å². The van der Waals surface area contributed by atoms with Crippen LogP contribution in [-0.2, 0) is 0 Å². The Bertz CT molecular complexity index is 167. The molecule has 1 aromatic carbocycles. The normalized spacial score (nSPS) is 8.22. The Labute approximate surface area is 84.3 Å². The molecular weight excluding hydrogens is 350 g/mol. The van der Waals surface area contributed by atoms with Gasteiger partial charge in [0.25, 0.3) is 0 Å². The molecule has 0 saturated carbocycles. The zero-order valence-corrected chi connectivity index (χ0v) is 11.8. The zero-order chi connectivity index (χ0) is 5.98. The van der Waals surface area contributed by atoms with E-state index in [9.17, 15) is 0 Å². The summed E-state index contributed by atoms with van der Waals surface area (Å²) in [5, 5.41) is 1.21. The van der Waals surface area contributed by atoms with Crippen LogP contribution >= 0.6 is 23.2 Å². The molecule has 0 fully saturated rings. The van der Waals surface area contributed by atoms with E-state index in [0.29, 0.717) is 10.0 Å². The van der Waals surface area contributed by atoms with Crippen molar-refractivity contribution in [1.82, 2.24) is 0 Å². The Balaban J connectivity index is 0.000000640. The minimum absolute atomic E-state index is 0. The van der Waals surface area contributed by atoms with Crippen molar-refractivity contribution in [1.29, 1.82) is 0 Å². The summed E-state index contributed by atoms with van der Waals surface area (Å²) in [7, 11) is 0.